The van der Waals surface area contributed by atoms with E-state index in [1.807, 2.05) is 12.5 Å². The van der Waals surface area contributed by atoms with Crippen LogP contribution in [0.2, 0.25) is 0 Å². The number of hydrogen-bond donors (Lipinski definition) is 1. The first-order valence-electron chi connectivity index (χ1n) is 7.99. The molecule has 1 aromatic heterocycles. The van der Waals surface area contributed by atoms with Crippen molar-refractivity contribution in [1.82, 2.24) is 19.8 Å². The molecule has 0 radical (unpaired) electrons. The molecule has 3 unspecified atom stereocenters. The van der Waals surface area contributed by atoms with Gasteiger partial charge in [0.1, 0.15) is 0 Å². The van der Waals surface area contributed by atoms with Gasteiger partial charge in [-0.05, 0) is 38.8 Å². The van der Waals surface area contributed by atoms with E-state index in [2.05, 4.69) is 19.8 Å². The van der Waals surface area contributed by atoms with E-state index in [1.54, 1.807) is 0 Å². The Morgan fingerprint density at radius 1 is 1.35 bits per heavy atom. The van der Waals surface area contributed by atoms with Gasteiger partial charge in [0, 0.05) is 24.8 Å². The first-order chi connectivity index (χ1) is 9.90. The number of hydrogen-bond acceptors (Lipinski definition) is 4. The summed E-state index contributed by atoms with van der Waals surface area (Å²) < 4.78 is 8.37. The smallest absolute Gasteiger partial charge is 0.0949 e. The lowest BCUT2D eigenvalue weighted by Crippen LogP contribution is -2.47. The van der Waals surface area contributed by atoms with Crippen molar-refractivity contribution in [3.05, 3.63) is 18.2 Å². The molecule has 4 heterocycles. The maximum Gasteiger partial charge on any atom is 0.0949 e. The Kier molecular flexibility index (Phi) is 3.50. The third kappa shape index (κ3) is 2.38. The van der Waals surface area contributed by atoms with E-state index in [0.717, 1.165) is 26.2 Å². The van der Waals surface area contributed by atoms with Crippen LogP contribution in [0.15, 0.2) is 12.5 Å². The number of morpholine rings is 1. The van der Waals surface area contributed by atoms with Gasteiger partial charge in [-0.15, -0.1) is 0 Å². The fraction of sp³-hybridized carbons (Fsp3) is 0.800. The minimum absolute atomic E-state index is 0.318. The van der Waals surface area contributed by atoms with Crippen molar-refractivity contribution < 1.29 is 4.74 Å². The molecular weight excluding hydrogens is 252 g/mol. The van der Waals surface area contributed by atoms with Gasteiger partial charge < -0.3 is 14.6 Å². The fourth-order valence-corrected chi connectivity index (χ4v) is 3.93. The van der Waals surface area contributed by atoms with Crippen molar-refractivity contribution >= 4 is 0 Å². The number of ether oxygens (including phenoxy) is 1. The molecule has 3 fully saturated rings. The van der Waals surface area contributed by atoms with Crippen molar-refractivity contribution in [2.75, 3.05) is 26.2 Å². The van der Waals surface area contributed by atoms with E-state index in [0.29, 0.717) is 18.2 Å². The van der Waals surface area contributed by atoms with E-state index in [4.69, 9.17) is 4.74 Å². The topological polar surface area (TPSA) is 42.3 Å². The van der Waals surface area contributed by atoms with Gasteiger partial charge in [-0.1, -0.05) is 0 Å². The van der Waals surface area contributed by atoms with Gasteiger partial charge in [0.25, 0.3) is 0 Å². The summed E-state index contributed by atoms with van der Waals surface area (Å²) in [5.74, 6) is 0. The quantitative estimate of drug-likeness (QED) is 0.900. The van der Waals surface area contributed by atoms with Crippen molar-refractivity contribution in [2.24, 2.45) is 0 Å². The van der Waals surface area contributed by atoms with Crippen LogP contribution < -0.4 is 5.32 Å². The molecule has 1 aromatic rings. The summed E-state index contributed by atoms with van der Waals surface area (Å²) in [5, 5.41) is 3.56. The van der Waals surface area contributed by atoms with Gasteiger partial charge in [0.2, 0.25) is 0 Å². The number of nitrogens with zero attached hydrogens (tertiary/aromatic N) is 3. The molecule has 5 nitrogen and oxygen atoms in total. The Hall–Kier alpha value is -0.910. The predicted molar refractivity (Wildman–Crippen MR) is 76.5 cm³/mol. The van der Waals surface area contributed by atoms with Gasteiger partial charge in [-0.3, -0.25) is 4.90 Å². The molecule has 110 valence electrons. The summed E-state index contributed by atoms with van der Waals surface area (Å²) in [6, 6.07) is 1.17. The van der Waals surface area contributed by atoms with Crippen LogP contribution in [0.3, 0.4) is 0 Å². The van der Waals surface area contributed by atoms with E-state index >= 15 is 0 Å². The van der Waals surface area contributed by atoms with Crippen molar-refractivity contribution in [3.63, 3.8) is 0 Å². The van der Waals surface area contributed by atoms with Crippen LogP contribution >= 0.6 is 0 Å². The first-order valence-corrected chi connectivity index (χ1v) is 7.99. The lowest BCUT2D eigenvalue weighted by molar-refractivity contribution is -0.0555. The molecule has 0 saturated carbocycles. The normalized spacial score (nSPS) is 34.5. The van der Waals surface area contributed by atoms with Crippen LogP contribution in [-0.4, -0.2) is 52.8 Å². The molecule has 20 heavy (non-hydrogen) atoms. The molecule has 0 amide bonds. The zero-order valence-corrected chi connectivity index (χ0v) is 12.0. The van der Waals surface area contributed by atoms with Crippen LogP contribution in [0, 0.1) is 0 Å². The van der Waals surface area contributed by atoms with E-state index in [-0.39, 0.29) is 0 Å². The van der Waals surface area contributed by atoms with Crippen LogP contribution in [-0.2, 0) is 11.3 Å². The number of aromatic nitrogens is 2. The number of imidazole rings is 1. The highest BCUT2D eigenvalue weighted by atomic mass is 16.5. The number of nitrogens with one attached hydrogen (secondary N) is 1. The van der Waals surface area contributed by atoms with Crippen molar-refractivity contribution in [2.45, 2.75) is 50.4 Å². The SMILES string of the molecule is c1ncn(CC2CN3CCCC3CO2)c1C1CCCN1. The van der Waals surface area contributed by atoms with Crippen molar-refractivity contribution in [3.8, 4) is 0 Å². The summed E-state index contributed by atoms with van der Waals surface area (Å²) in [4.78, 5) is 6.96. The average molecular weight is 276 g/mol. The van der Waals surface area contributed by atoms with E-state index in [9.17, 15) is 0 Å². The average Bonchev–Trinajstić information content (AvgIpc) is 3.19. The molecule has 0 spiro atoms. The zero-order chi connectivity index (χ0) is 13.4. The molecule has 3 atom stereocenters. The fourth-order valence-electron chi connectivity index (χ4n) is 3.93. The molecule has 3 saturated heterocycles. The van der Waals surface area contributed by atoms with Crippen LogP contribution in [0.5, 0.6) is 0 Å². The molecule has 5 heteroatoms. The summed E-state index contributed by atoms with van der Waals surface area (Å²) in [7, 11) is 0. The third-order valence-electron chi connectivity index (χ3n) is 5.02. The molecule has 0 aliphatic carbocycles. The number of rotatable bonds is 3. The van der Waals surface area contributed by atoms with E-state index < -0.39 is 0 Å². The Balaban J connectivity index is 1.42. The summed E-state index contributed by atoms with van der Waals surface area (Å²) in [6.45, 7) is 5.32. The lowest BCUT2D eigenvalue weighted by atomic mass is 10.1. The summed E-state index contributed by atoms with van der Waals surface area (Å²) in [5.41, 5.74) is 1.33. The van der Waals surface area contributed by atoms with Gasteiger partial charge in [-0.2, -0.15) is 0 Å². The second-order valence-electron chi connectivity index (χ2n) is 6.37. The summed E-state index contributed by atoms with van der Waals surface area (Å²) in [6.07, 6.45) is 9.45. The van der Waals surface area contributed by atoms with E-state index in [1.165, 1.54) is 37.9 Å². The minimum atomic E-state index is 0.318. The van der Waals surface area contributed by atoms with Gasteiger partial charge in [0.05, 0.1) is 31.3 Å². The Bertz CT molecular complexity index is 454. The van der Waals surface area contributed by atoms with Gasteiger partial charge in [-0.25, -0.2) is 4.98 Å². The molecular formula is C15H24N4O. The van der Waals surface area contributed by atoms with Crippen molar-refractivity contribution in [1.29, 1.82) is 0 Å². The van der Waals surface area contributed by atoms with Gasteiger partial charge >= 0.3 is 0 Å². The first kappa shape index (κ1) is 12.8. The molecule has 0 aromatic carbocycles. The maximum absolute atomic E-state index is 6.07. The monoisotopic (exact) mass is 276 g/mol. The highest BCUT2D eigenvalue weighted by Crippen LogP contribution is 2.25. The molecule has 3 aliphatic rings. The minimum Gasteiger partial charge on any atom is -0.373 e. The Morgan fingerprint density at radius 2 is 2.35 bits per heavy atom. The molecule has 3 aliphatic heterocycles. The lowest BCUT2D eigenvalue weighted by Gasteiger charge is -2.35. The highest BCUT2D eigenvalue weighted by Gasteiger charge is 2.32. The highest BCUT2D eigenvalue weighted by molar-refractivity contribution is 5.07. The predicted octanol–water partition coefficient (Wildman–Crippen LogP) is 1.17. The Morgan fingerprint density at radius 3 is 3.25 bits per heavy atom. The molecule has 1 N–H and O–H groups in total. The molecule has 0 bridgehead atoms. The standard InChI is InChI=1S/C15H24N4O/c1-4-14(17-5-1)15-7-16-11-19(15)9-13-8-18-6-2-3-12(18)10-20-13/h7,11-14,17H,1-6,8-10H2. The second-order valence-corrected chi connectivity index (χ2v) is 6.37. The van der Waals surface area contributed by atoms with Gasteiger partial charge in [0.15, 0.2) is 0 Å². The van der Waals surface area contributed by atoms with Crippen LogP contribution in [0.1, 0.15) is 37.4 Å². The van der Waals surface area contributed by atoms with Crippen LogP contribution in [0.4, 0.5) is 0 Å². The Labute approximate surface area is 120 Å². The largest absolute Gasteiger partial charge is 0.373 e. The molecule has 4 rings (SSSR count). The van der Waals surface area contributed by atoms with Crippen LogP contribution in [0.25, 0.3) is 0 Å². The second kappa shape index (κ2) is 5.47. The summed E-state index contributed by atoms with van der Waals surface area (Å²) >= 11 is 0. The third-order valence-corrected chi connectivity index (χ3v) is 5.02. The number of fused-ring (bicyclic) bond motifs is 1. The maximum atomic E-state index is 6.07. The zero-order valence-electron chi connectivity index (χ0n) is 12.0.